The van der Waals surface area contributed by atoms with Crippen LogP contribution in [0.5, 0.6) is 0 Å². The number of fused-ring (bicyclic) bond motifs is 3. The molecule has 0 saturated heterocycles. The van der Waals surface area contributed by atoms with E-state index >= 15 is 0 Å². The van der Waals surface area contributed by atoms with E-state index in [1.165, 1.54) is 11.1 Å². The van der Waals surface area contributed by atoms with Gasteiger partial charge in [-0.05, 0) is 44.1 Å². The average molecular weight is 300 g/mol. The SMILES string of the molecule is O[C@H]1CC[C@](F)(CC[C@H]2c3ccccc3-c3cncn32)CC1. The van der Waals surface area contributed by atoms with E-state index in [2.05, 4.69) is 21.7 Å². The zero-order valence-corrected chi connectivity index (χ0v) is 12.6. The number of alkyl halides is 1. The molecule has 0 radical (unpaired) electrons. The van der Waals surface area contributed by atoms with Crippen LogP contribution in [0.15, 0.2) is 36.8 Å². The van der Waals surface area contributed by atoms with Gasteiger partial charge in [0.25, 0.3) is 0 Å². The van der Waals surface area contributed by atoms with Crippen molar-refractivity contribution >= 4 is 0 Å². The monoisotopic (exact) mass is 300 g/mol. The molecule has 1 aromatic heterocycles. The van der Waals surface area contributed by atoms with Gasteiger partial charge in [-0.2, -0.15) is 0 Å². The number of nitrogens with zero attached hydrogens (tertiary/aromatic N) is 2. The number of hydrogen-bond donors (Lipinski definition) is 1. The van der Waals surface area contributed by atoms with Crippen LogP contribution in [0, 0.1) is 0 Å². The summed E-state index contributed by atoms with van der Waals surface area (Å²) in [7, 11) is 0. The number of benzene rings is 1. The molecule has 0 bridgehead atoms. The number of imidazole rings is 1. The molecule has 4 heteroatoms. The number of aliphatic hydroxyl groups is 1. The molecule has 1 saturated carbocycles. The topological polar surface area (TPSA) is 38.1 Å². The van der Waals surface area contributed by atoms with Gasteiger partial charge >= 0.3 is 0 Å². The summed E-state index contributed by atoms with van der Waals surface area (Å²) in [6.07, 6.45) is 6.93. The van der Waals surface area contributed by atoms with Gasteiger partial charge in [0.15, 0.2) is 0 Å². The van der Waals surface area contributed by atoms with E-state index < -0.39 is 5.67 Å². The minimum absolute atomic E-state index is 0.188. The molecule has 2 aliphatic rings. The van der Waals surface area contributed by atoms with E-state index in [9.17, 15) is 9.50 Å². The first kappa shape index (κ1) is 13.9. The zero-order chi connectivity index (χ0) is 15.2. The highest BCUT2D eigenvalue weighted by molar-refractivity contribution is 5.68. The fourth-order valence-corrected chi connectivity index (χ4v) is 3.99. The lowest BCUT2D eigenvalue weighted by atomic mass is 9.80. The van der Waals surface area contributed by atoms with Gasteiger partial charge in [-0.1, -0.05) is 24.3 Å². The Labute approximate surface area is 129 Å². The van der Waals surface area contributed by atoms with Gasteiger partial charge < -0.3 is 9.67 Å². The Morgan fingerprint density at radius 3 is 2.86 bits per heavy atom. The molecule has 116 valence electrons. The molecule has 3 nitrogen and oxygen atoms in total. The second-order valence-electron chi connectivity index (χ2n) is 6.71. The molecule has 4 rings (SSSR count). The van der Waals surface area contributed by atoms with Gasteiger partial charge in [-0.25, -0.2) is 9.37 Å². The van der Waals surface area contributed by atoms with Crippen molar-refractivity contribution in [2.24, 2.45) is 0 Å². The Balaban J connectivity index is 1.54. The van der Waals surface area contributed by atoms with Gasteiger partial charge in [0.2, 0.25) is 0 Å². The molecule has 0 amide bonds. The molecule has 0 spiro atoms. The molecular weight excluding hydrogens is 279 g/mol. The van der Waals surface area contributed by atoms with Crippen LogP contribution in [0.2, 0.25) is 0 Å². The van der Waals surface area contributed by atoms with Crippen LogP contribution < -0.4 is 0 Å². The summed E-state index contributed by atoms with van der Waals surface area (Å²) in [6, 6.07) is 8.53. The third-order valence-electron chi connectivity index (χ3n) is 5.31. The van der Waals surface area contributed by atoms with Crippen molar-refractivity contribution in [3.05, 3.63) is 42.4 Å². The highest BCUT2D eigenvalue weighted by Gasteiger charge is 2.37. The molecule has 2 heterocycles. The summed E-state index contributed by atoms with van der Waals surface area (Å²) in [6.45, 7) is 0. The Morgan fingerprint density at radius 2 is 2.05 bits per heavy atom. The quantitative estimate of drug-likeness (QED) is 0.934. The van der Waals surface area contributed by atoms with E-state index in [0.29, 0.717) is 32.1 Å². The number of rotatable bonds is 3. The Kier molecular flexibility index (Phi) is 3.30. The lowest BCUT2D eigenvalue weighted by Gasteiger charge is -2.33. The van der Waals surface area contributed by atoms with Gasteiger partial charge in [-0.15, -0.1) is 0 Å². The van der Waals surface area contributed by atoms with Crippen LogP contribution in [0.1, 0.15) is 50.1 Å². The van der Waals surface area contributed by atoms with Crippen molar-refractivity contribution in [3.8, 4) is 11.3 Å². The number of halogens is 1. The van der Waals surface area contributed by atoms with Crippen LogP contribution >= 0.6 is 0 Å². The maximum absolute atomic E-state index is 14.9. The van der Waals surface area contributed by atoms with Gasteiger partial charge in [0, 0.05) is 5.56 Å². The molecular formula is C18H21FN2O. The third kappa shape index (κ3) is 2.26. The predicted octanol–water partition coefficient (Wildman–Crippen LogP) is 3.88. The lowest BCUT2D eigenvalue weighted by Crippen LogP contribution is -2.32. The van der Waals surface area contributed by atoms with Crippen molar-refractivity contribution in [1.29, 1.82) is 0 Å². The standard InChI is InChI=1S/C18H21FN2O/c19-18(8-5-13(22)6-9-18)10-7-16-14-3-1-2-4-15(14)17-11-20-12-21(16)17/h1-4,11-13,16,22H,5-10H2/t13-,16-,18+/m0/s1. The van der Waals surface area contributed by atoms with Crippen LogP contribution in [0.25, 0.3) is 11.3 Å². The number of aliphatic hydroxyl groups excluding tert-OH is 1. The molecule has 1 aromatic carbocycles. The number of aromatic nitrogens is 2. The van der Waals surface area contributed by atoms with Crippen LogP contribution in [0.4, 0.5) is 4.39 Å². The van der Waals surface area contributed by atoms with Gasteiger partial charge in [-0.3, -0.25) is 0 Å². The predicted molar refractivity (Wildman–Crippen MR) is 83.3 cm³/mol. The maximum Gasteiger partial charge on any atom is 0.111 e. The molecule has 1 aliphatic heterocycles. The first-order valence-corrected chi connectivity index (χ1v) is 8.14. The summed E-state index contributed by atoms with van der Waals surface area (Å²) in [5.74, 6) is 0. The van der Waals surface area contributed by atoms with Crippen LogP contribution in [-0.2, 0) is 0 Å². The van der Waals surface area contributed by atoms with Crippen molar-refractivity contribution < 1.29 is 9.50 Å². The molecule has 2 aromatic rings. The van der Waals surface area contributed by atoms with Crippen molar-refractivity contribution in [3.63, 3.8) is 0 Å². The van der Waals surface area contributed by atoms with Crippen LogP contribution in [0.3, 0.4) is 0 Å². The molecule has 0 unspecified atom stereocenters. The zero-order valence-electron chi connectivity index (χ0n) is 12.6. The smallest absolute Gasteiger partial charge is 0.111 e. The summed E-state index contributed by atoms with van der Waals surface area (Å²) in [4.78, 5) is 4.25. The van der Waals surface area contributed by atoms with Crippen LogP contribution in [-0.4, -0.2) is 26.4 Å². The molecule has 1 N–H and O–H groups in total. The fraction of sp³-hybridized carbons (Fsp3) is 0.500. The first-order chi connectivity index (χ1) is 10.7. The third-order valence-corrected chi connectivity index (χ3v) is 5.31. The largest absolute Gasteiger partial charge is 0.393 e. The van der Waals surface area contributed by atoms with E-state index in [1.54, 1.807) is 0 Å². The van der Waals surface area contributed by atoms with E-state index in [-0.39, 0.29) is 12.1 Å². The normalized spacial score (nSPS) is 30.1. The molecule has 22 heavy (non-hydrogen) atoms. The maximum atomic E-state index is 14.9. The molecule has 1 fully saturated rings. The molecule has 1 atom stereocenters. The highest BCUT2D eigenvalue weighted by Crippen LogP contribution is 2.44. The van der Waals surface area contributed by atoms with Gasteiger partial charge in [0.05, 0.1) is 30.4 Å². The van der Waals surface area contributed by atoms with E-state index in [0.717, 1.165) is 12.1 Å². The minimum atomic E-state index is -1.11. The lowest BCUT2D eigenvalue weighted by molar-refractivity contribution is 0.0253. The Morgan fingerprint density at radius 1 is 1.27 bits per heavy atom. The average Bonchev–Trinajstić information content (AvgIpc) is 3.10. The van der Waals surface area contributed by atoms with Crippen molar-refractivity contribution in [2.45, 2.75) is 56.3 Å². The van der Waals surface area contributed by atoms with E-state index in [4.69, 9.17) is 0 Å². The van der Waals surface area contributed by atoms with Gasteiger partial charge in [0.1, 0.15) is 5.67 Å². The second kappa shape index (κ2) is 5.20. The molecule has 1 aliphatic carbocycles. The summed E-state index contributed by atoms with van der Waals surface area (Å²) in [5, 5.41) is 9.57. The highest BCUT2D eigenvalue weighted by atomic mass is 19.1. The number of hydrogen-bond acceptors (Lipinski definition) is 2. The second-order valence-corrected chi connectivity index (χ2v) is 6.71. The summed E-state index contributed by atoms with van der Waals surface area (Å²) < 4.78 is 17.1. The Bertz CT molecular complexity index is 673. The van der Waals surface area contributed by atoms with Crippen molar-refractivity contribution in [1.82, 2.24) is 9.55 Å². The fourth-order valence-electron chi connectivity index (χ4n) is 3.99. The van der Waals surface area contributed by atoms with E-state index in [1.807, 2.05) is 24.7 Å². The first-order valence-electron chi connectivity index (χ1n) is 8.14. The van der Waals surface area contributed by atoms with Crippen molar-refractivity contribution in [2.75, 3.05) is 0 Å². The summed E-state index contributed by atoms with van der Waals surface area (Å²) >= 11 is 0. The Hall–Kier alpha value is -1.68. The summed E-state index contributed by atoms with van der Waals surface area (Å²) in [5.41, 5.74) is 2.52. The minimum Gasteiger partial charge on any atom is -0.393 e.